The van der Waals surface area contributed by atoms with E-state index in [0.717, 1.165) is 16.7 Å². The van der Waals surface area contributed by atoms with E-state index in [-0.39, 0.29) is 18.0 Å². The van der Waals surface area contributed by atoms with Gasteiger partial charge in [-0.3, -0.25) is 4.18 Å². The Balaban J connectivity index is 1.81. The molecule has 0 radical (unpaired) electrons. The first-order valence-corrected chi connectivity index (χ1v) is 11.0. The van der Waals surface area contributed by atoms with E-state index in [4.69, 9.17) is 4.18 Å². The van der Waals surface area contributed by atoms with Gasteiger partial charge in [-0.15, -0.1) is 0 Å². The zero-order valence-electron chi connectivity index (χ0n) is 14.0. The summed E-state index contributed by atoms with van der Waals surface area (Å²) in [5, 5.41) is 0. The molecule has 7 nitrogen and oxygen atoms in total. The molecule has 0 spiro atoms. The molecule has 2 heterocycles. The average Bonchev–Trinajstić information content (AvgIpc) is 2.60. The van der Waals surface area contributed by atoms with Crippen molar-refractivity contribution >= 4 is 20.3 Å². The first kappa shape index (κ1) is 17.6. The van der Waals surface area contributed by atoms with E-state index in [1.807, 2.05) is 31.2 Å². The van der Waals surface area contributed by atoms with Crippen molar-refractivity contribution in [1.29, 1.82) is 0 Å². The first-order valence-electron chi connectivity index (χ1n) is 8.11. The number of benzene rings is 2. The van der Waals surface area contributed by atoms with Crippen LogP contribution in [-0.4, -0.2) is 33.8 Å². The Morgan fingerprint density at radius 2 is 1.81 bits per heavy atom. The van der Waals surface area contributed by atoms with Gasteiger partial charge in [0.2, 0.25) is 10.0 Å². The zero-order valence-corrected chi connectivity index (χ0v) is 15.6. The molecule has 0 aliphatic carbocycles. The molecule has 9 heteroatoms. The van der Waals surface area contributed by atoms with Crippen molar-refractivity contribution < 1.29 is 21.0 Å². The number of rotatable bonds is 2. The average molecular weight is 394 g/mol. The fourth-order valence-corrected chi connectivity index (χ4v) is 6.00. The highest BCUT2D eigenvalue weighted by atomic mass is 32.2. The van der Waals surface area contributed by atoms with E-state index in [2.05, 4.69) is 4.72 Å². The summed E-state index contributed by atoms with van der Waals surface area (Å²) in [6.45, 7) is 1.82. The van der Waals surface area contributed by atoms with Gasteiger partial charge in [-0.2, -0.15) is 17.4 Å². The molecule has 0 amide bonds. The van der Waals surface area contributed by atoms with E-state index < -0.39 is 32.4 Å². The number of fused-ring (bicyclic) bond motifs is 3. The summed E-state index contributed by atoms with van der Waals surface area (Å²) in [4.78, 5) is 0.176. The molecule has 4 rings (SSSR count). The summed E-state index contributed by atoms with van der Waals surface area (Å²) in [5.41, 5.74) is 2.51. The maximum absolute atomic E-state index is 13.2. The number of sulfonamides is 1. The highest BCUT2D eigenvalue weighted by Crippen LogP contribution is 2.37. The van der Waals surface area contributed by atoms with Gasteiger partial charge in [-0.1, -0.05) is 42.0 Å². The summed E-state index contributed by atoms with van der Waals surface area (Å²) in [6.07, 6.45) is 0. The van der Waals surface area contributed by atoms with Gasteiger partial charge >= 0.3 is 10.3 Å². The number of hydrogen-bond acceptors (Lipinski definition) is 5. The highest BCUT2D eigenvalue weighted by molar-refractivity contribution is 7.89. The molecule has 1 N–H and O–H groups in total. The minimum atomic E-state index is -3.91. The molecule has 2 aliphatic rings. The summed E-state index contributed by atoms with van der Waals surface area (Å²) in [5.74, 6) is 0. The predicted molar refractivity (Wildman–Crippen MR) is 94.9 cm³/mol. The second-order valence-electron chi connectivity index (χ2n) is 6.46. The van der Waals surface area contributed by atoms with Crippen molar-refractivity contribution in [2.75, 3.05) is 6.61 Å². The molecule has 2 aromatic rings. The summed E-state index contributed by atoms with van der Waals surface area (Å²) >= 11 is 0. The Hall–Kier alpha value is -1.78. The molecule has 1 fully saturated rings. The smallest absolute Gasteiger partial charge is 0.256 e. The van der Waals surface area contributed by atoms with Crippen LogP contribution in [0.25, 0.3) is 0 Å². The normalized spacial score (nSPS) is 25.3. The maximum atomic E-state index is 13.2. The van der Waals surface area contributed by atoms with Crippen LogP contribution < -0.4 is 4.72 Å². The number of hydrogen-bond donors (Lipinski definition) is 1. The fourth-order valence-electron chi connectivity index (χ4n) is 3.42. The molecule has 26 heavy (non-hydrogen) atoms. The third-order valence-electron chi connectivity index (χ3n) is 4.76. The van der Waals surface area contributed by atoms with Crippen LogP contribution in [-0.2, 0) is 31.1 Å². The van der Waals surface area contributed by atoms with Gasteiger partial charge in [0, 0.05) is 6.54 Å². The van der Waals surface area contributed by atoms with Crippen LogP contribution in [0.2, 0.25) is 0 Å². The molecule has 0 saturated carbocycles. The lowest BCUT2D eigenvalue weighted by Gasteiger charge is -2.43. The Morgan fingerprint density at radius 3 is 2.54 bits per heavy atom. The Bertz CT molecular complexity index is 1050. The van der Waals surface area contributed by atoms with Gasteiger partial charge in [-0.25, -0.2) is 8.42 Å². The quantitative estimate of drug-likeness (QED) is 0.833. The molecule has 138 valence electrons. The molecule has 2 atom stereocenters. The third-order valence-corrected chi connectivity index (χ3v) is 7.64. The van der Waals surface area contributed by atoms with E-state index in [1.165, 1.54) is 4.31 Å². The Labute approximate surface area is 152 Å². The van der Waals surface area contributed by atoms with E-state index in [0.29, 0.717) is 0 Å². The van der Waals surface area contributed by atoms with Crippen LogP contribution in [0, 0.1) is 6.92 Å². The van der Waals surface area contributed by atoms with Gasteiger partial charge in [0.05, 0.1) is 23.6 Å². The lowest BCUT2D eigenvalue weighted by atomic mass is 9.92. The third kappa shape index (κ3) is 2.95. The topological polar surface area (TPSA) is 92.8 Å². The van der Waals surface area contributed by atoms with Gasteiger partial charge in [0.1, 0.15) is 0 Å². The first-order chi connectivity index (χ1) is 12.3. The summed E-state index contributed by atoms with van der Waals surface area (Å²) in [7, 11) is -7.72. The van der Waals surface area contributed by atoms with E-state index in [1.54, 1.807) is 24.3 Å². The predicted octanol–water partition coefficient (Wildman–Crippen LogP) is 1.47. The number of aryl methyl sites for hydroxylation is 1. The van der Waals surface area contributed by atoms with Crippen LogP contribution in [0.1, 0.15) is 22.7 Å². The van der Waals surface area contributed by atoms with E-state index >= 15 is 0 Å². The number of nitrogens with one attached hydrogen (secondary N) is 1. The summed E-state index contributed by atoms with van der Waals surface area (Å²) in [6, 6.07) is 12.5. The number of nitrogens with zero attached hydrogens (tertiary/aromatic N) is 1. The molecular formula is C17H18N2O5S2. The van der Waals surface area contributed by atoms with Crippen molar-refractivity contribution in [2.24, 2.45) is 0 Å². The van der Waals surface area contributed by atoms with Crippen molar-refractivity contribution in [1.82, 2.24) is 9.03 Å². The van der Waals surface area contributed by atoms with Gasteiger partial charge in [0.25, 0.3) is 0 Å². The molecule has 0 bridgehead atoms. The largest absolute Gasteiger partial charge is 0.336 e. The molecule has 2 aliphatic heterocycles. The van der Waals surface area contributed by atoms with Gasteiger partial charge in [0.15, 0.2) is 0 Å². The maximum Gasteiger partial charge on any atom is 0.336 e. The van der Waals surface area contributed by atoms with Crippen molar-refractivity contribution in [3.8, 4) is 0 Å². The van der Waals surface area contributed by atoms with Crippen molar-refractivity contribution in [2.45, 2.75) is 30.4 Å². The molecular weight excluding hydrogens is 376 g/mol. The Kier molecular flexibility index (Phi) is 4.16. The second kappa shape index (κ2) is 6.14. The molecule has 0 unspecified atom stereocenters. The van der Waals surface area contributed by atoms with Crippen molar-refractivity contribution in [3.05, 3.63) is 65.2 Å². The van der Waals surface area contributed by atoms with Gasteiger partial charge < -0.3 is 0 Å². The zero-order chi connectivity index (χ0) is 18.5. The minimum absolute atomic E-state index is 0.165. The van der Waals surface area contributed by atoms with E-state index in [9.17, 15) is 16.8 Å². The lowest BCUT2D eigenvalue weighted by Crippen LogP contribution is -2.57. The molecule has 0 aromatic heterocycles. The molecule has 2 aromatic carbocycles. The lowest BCUT2D eigenvalue weighted by molar-refractivity contribution is 0.135. The van der Waals surface area contributed by atoms with Crippen molar-refractivity contribution in [3.63, 3.8) is 0 Å². The standard InChI is InChI=1S/C17H18N2O5S2/c1-12-6-8-14(9-7-12)25(20,21)19-10-13-4-2-3-5-15(13)17-16(19)11-24-26(22,23)18-17/h2-9,16-18H,10-11H2,1H3/t16-,17-/m1/s1. The van der Waals surface area contributed by atoms with Crippen LogP contribution in [0.15, 0.2) is 53.4 Å². The SMILES string of the molecule is Cc1ccc(S(=O)(=O)N2Cc3ccccc3[C@H]3NS(=O)(=O)OC[C@H]32)cc1. The van der Waals surface area contributed by atoms with Crippen LogP contribution in [0.4, 0.5) is 0 Å². The highest BCUT2D eigenvalue weighted by Gasteiger charge is 2.46. The second-order valence-corrected chi connectivity index (χ2v) is 9.73. The Morgan fingerprint density at radius 1 is 1.12 bits per heavy atom. The summed E-state index contributed by atoms with van der Waals surface area (Å²) < 4.78 is 58.9. The monoisotopic (exact) mass is 394 g/mol. The fraction of sp³-hybridized carbons (Fsp3) is 0.294. The molecule has 1 saturated heterocycles. The minimum Gasteiger partial charge on any atom is -0.256 e. The van der Waals surface area contributed by atoms with Crippen LogP contribution >= 0.6 is 0 Å². The van der Waals surface area contributed by atoms with Crippen LogP contribution in [0.3, 0.4) is 0 Å². The van der Waals surface area contributed by atoms with Crippen LogP contribution in [0.5, 0.6) is 0 Å². The van der Waals surface area contributed by atoms with Gasteiger partial charge in [-0.05, 0) is 30.2 Å².